The number of likely N-dealkylation sites (tertiary alicyclic amines) is 2. The maximum atomic E-state index is 11.8. The molecule has 0 saturated carbocycles. The minimum absolute atomic E-state index is 0.308. The number of alkyl halides is 1. The molecule has 0 N–H and O–H groups in total. The molecule has 0 aromatic rings. The van der Waals surface area contributed by atoms with Gasteiger partial charge in [-0.2, -0.15) is 0 Å². The molecule has 2 atom stereocenters. The zero-order valence-corrected chi connectivity index (χ0v) is 12.3. The van der Waals surface area contributed by atoms with Crippen LogP contribution in [-0.2, 0) is 4.79 Å². The molecule has 2 heterocycles. The quantitative estimate of drug-likeness (QED) is 0.715. The molecule has 2 unspecified atom stereocenters. The molecule has 0 aromatic carbocycles. The fourth-order valence-corrected chi connectivity index (χ4v) is 3.40. The van der Waals surface area contributed by atoms with Gasteiger partial charge in [0.1, 0.15) is 0 Å². The van der Waals surface area contributed by atoms with Crippen molar-refractivity contribution in [2.45, 2.75) is 26.7 Å². The van der Waals surface area contributed by atoms with E-state index in [4.69, 9.17) is 11.6 Å². The van der Waals surface area contributed by atoms with Gasteiger partial charge in [0.2, 0.25) is 5.91 Å². The molecular weight excluding hydrogens is 248 g/mol. The summed E-state index contributed by atoms with van der Waals surface area (Å²) >= 11 is 5.85. The van der Waals surface area contributed by atoms with Crippen LogP contribution in [0, 0.1) is 17.8 Å². The van der Waals surface area contributed by atoms with Gasteiger partial charge in [-0.05, 0) is 30.7 Å². The van der Waals surface area contributed by atoms with Crippen molar-refractivity contribution in [3.05, 3.63) is 0 Å². The van der Waals surface area contributed by atoms with Crippen LogP contribution < -0.4 is 0 Å². The first-order valence-electron chi connectivity index (χ1n) is 7.14. The molecule has 2 rings (SSSR count). The number of rotatable bonds is 5. The summed E-state index contributed by atoms with van der Waals surface area (Å²) < 4.78 is 0. The molecule has 18 heavy (non-hydrogen) atoms. The fourth-order valence-electron chi connectivity index (χ4n) is 3.19. The van der Waals surface area contributed by atoms with Gasteiger partial charge in [-0.25, -0.2) is 0 Å². The number of amides is 1. The predicted molar refractivity (Wildman–Crippen MR) is 74.8 cm³/mol. The normalized spacial score (nSPS) is 29.8. The Morgan fingerprint density at radius 3 is 2.72 bits per heavy atom. The van der Waals surface area contributed by atoms with Crippen LogP contribution >= 0.6 is 11.6 Å². The van der Waals surface area contributed by atoms with E-state index >= 15 is 0 Å². The van der Waals surface area contributed by atoms with Gasteiger partial charge in [-0.3, -0.25) is 4.79 Å². The largest absolute Gasteiger partial charge is 0.342 e. The molecule has 3 nitrogen and oxygen atoms in total. The third-order valence-corrected chi connectivity index (χ3v) is 4.42. The average Bonchev–Trinajstić information content (AvgIpc) is 2.86. The molecule has 0 aromatic heterocycles. The van der Waals surface area contributed by atoms with Gasteiger partial charge in [0, 0.05) is 38.5 Å². The molecule has 2 saturated heterocycles. The monoisotopic (exact) mass is 272 g/mol. The van der Waals surface area contributed by atoms with E-state index in [2.05, 4.69) is 18.7 Å². The minimum Gasteiger partial charge on any atom is -0.342 e. The van der Waals surface area contributed by atoms with Crippen molar-refractivity contribution in [1.82, 2.24) is 9.80 Å². The lowest BCUT2D eigenvalue weighted by molar-refractivity contribution is -0.128. The average molecular weight is 273 g/mol. The third kappa shape index (κ3) is 3.61. The number of hydrogen-bond acceptors (Lipinski definition) is 2. The lowest BCUT2D eigenvalue weighted by atomic mass is 10.1. The van der Waals surface area contributed by atoms with Crippen LogP contribution in [0.4, 0.5) is 0 Å². The lowest BCUT2D eigenvalue weighted by Gasteiger charge is -2.22. The summed E-state index contributed by atoms with van der Waals surface area (Å²) in [5.41, 5.74) is 0. The van der Waals surface area contributed by atoms with Gasteiger partial charge in [0.05, 0.1) is 0 Å². The molecule has 0 bridgehead atoms. The van der Waals surface area contributed by atoms with Crippen molar-refractivity contribution in [3.8, 4) is 0 Å². The Balaban J connectivity index is 1.76. The fraction of sp³-hybridized carbons (Fsp3) is 0.929. The van der Waals surface area contributed by atoms with Gasteiger partial charge < -0.3 is 9.80 Å². The summed E-state index contributed by atoms with van der Waals surface area (Å²) in [5.74, 6) is 2.71. The minimum atomic E-state index is 0.308. The van der Waals surface area contributed by atoms with Crippen LogP contribution in [0.1, 0.15) is 26.7 Å². The Bertz CT molecular complexity index is 296. The third-order valence-electron chi connectivity index (χ3n) is 3.98. The van der Waals surface area contributed by atoms with Gasteiger partial charge in [-0.1, -0.05) is 13.8 Å². The van der Waals surface area contributed by atoms with Crippen molar-refractivity contribution in [2.24, 2.45) is 17.8 Å². The van der Waals surface area contributed by atoms with Crippen molar-refractivity contribution in [3.63, 3.8) is 0 Å². The second kappa shape index (κ2) is 6.25. The highest BCUT2D eigenvalue weighted by Crippen LogP contribution is 2.24. The van der Waals surface area contributed by atoms with Crippen molar-refractivity contribution >= 4 is 17.5 Å². The number of halogens is 1. The van der Waals surface area contributed by atoms with Crippen LogP contribution in [0.5, 0.6) is 0 Å². The first kappa shape index (κ1) is 14.1. The smallest absolute Gasteiger partial charge is 0.222 e. The second-order valence-corrected chi connectivity index (χ2v) is 6.64. The van der Waals surface area contributed by atoms with Crippen molar-refractivity contribution in [2.75, 3.05) is 38.6 Å². The van der Waals surface area contributed by atoms with Gasteiger partial charge in [0.15, 0.2) is 0 Å². The first-order chi connectivity index (χ1) is 8.58. The molecule has 2 aliphatic rings. The number of carbonyl (C=O) groups is 1. The maximum Gasteiger partial charge on any atom is 0.222 e. The van der Waals surface area contributed by atoms with Crippen LogP contribution in [0.2, 0.25) is 0 Å². The topological polar surface area (TPSA) is 23.6 Å². The highest BCUT2D eigenvalue weighted by Gasteiger charge is 2.32. The molecule has 0 spiro atoms. The van der Waals surface area contributed by atoms with Crippen molar-refractivity contribution < 1.29 is 4.79 Å². The molecule has 2 fully saturated rings. The van der Waals surface area contributed by atoms with Gasteiger partial charge in [-0.15, -0.1) is 11.6 Å². The summed E-state index contributed by atoms with van der Waals surface area (Å²) in [7, 11) is 0. The Hall–Kier alpha value is -0.280. The maximum absolute atomic E-state index is 11.8. The van der Waals surface area contributed by atoms with Gasteiger partial charge in [0.25, 0.3) is 0 Å². The van der Waals surface area contributed by atoms with E-state index < -0.39 is 0 Å². The van der Waals surface area contributed by atoms with E-state index in [9.17, 15) is 4.79 Å². The highest BCUT2D eigenvalue weighted by molar-refractivity contribution is 6.18. The summed E-state index contributed by atoms with van der Waals surface area (Å²) in [6, 6.07) is 0. The summed E-state index contributed by atoms with van der Waals surface area (Å²) in [5, 5.41) is 0. The van der Waals surface area contributed by atoms with Crippen molar-refractivity contribution in [1.29, 1.82) is 0 Å². The zero-order valence-electron chi connectivity index (χ0n) is 11.6. The van der Waals surface area contributed by atoms with E-state index in [1.165, 1.54) is 19.5 Å². The van der Waals surface area contributed by atoms with E-state index in [-0.39, 0.29) is 0 Å². The zero-order chi connectivity index (χ0) is 13.1. The molecule has 2 aliphatic heterocycles. The van der Waals surface area contributed by atoms with Gasteiger partial charge >= 0.3 is 0 Å². The Labute approximate surface area is 115 Å². The molecule has 0 radical (unpaired) electrons. The van der Waals surface area contributed by atoms with Crippen LogP contribution in [0.15, 0.2) is 0 Å². The summed E-state index contributed by atoms with van der Waals surface area (Å²) in [6.45, 7) is 9.90. The second-order valence-electron chi connectivity index (χ2n) is 6.33. The lowest BCUT2D eigenvalue weighted by Crippen LogP contribution is -2.33. The molecular formula is C14H25ClN2O. The molecule has 0 aliphatic carbocycles. The number of hydrogen-bond donors (Lipinski definition) is 0. The standard InChI is InChI=1S/C14H25ClN2O/c1-11(2)7-16-4-3-12(8-16)9-17-10-13(6-15)5-14(17)18/h11-13H,3-10H2,1-2H3. The Morgan fingerprint density at radius 2 is 2.11 bits per heavy atom. The Kier molecular flexibility index (Phi) is 4.91. The van der Waals surface area contributed by atoms with E-state index in [1.807, 2.05) is 4.90 Å². The van der Waals surface area contributed by atoms with Crippen LogP contribution in [0.3, 0.4) is 0 Å². The highest BCUT2D eigenvalue weighted by atomic mass is 35.5. The van der Waals surface area contributed by atoms with E-state index in [1.54, 1.807) is 0 Å². The predicted octanol–water partition coefficient (Wildman–Crippen LogP) is 2.05. The SMILES string of the molecule is CC(C)CN1CCC(CN2CC(CCl)CC2=O)C1. The molecule has 4 heteroatoms. The van der Waals surface area contributed by atoms with E-state index in [0.29, 0.717) is 30.0 Å². The molecule has 1 amide bonds. The van der Waals surface area contributed by atoms with Crippen LogP contribution in [0.25, 0.3) is 0 Å². The van der Waals surface area contributed by atoms with Crippen LogP contribution in [-0.4, -0.2) is 54.3 Å². The summed E-state index contributed by atoms with van der Waals surface area (Å²) in [4.78, 5) is 16.4. The number of nitrogens with zero attached hydrogens (tertiary/aromatic N) is 2. The van der Waals surface area contributed by atoms with E-state index in [0.717, 1.165) is 25.6 Å². The summed E-state index contributed by atoms with van der Waals surface area (Å²) in [6.07, 6.45) is 1.90. The number of carbonyl (C=O) groups excluding carboxylic acids is 1. The first-order valence-corrected chi connectivity index (χ1v) is 7.68. The Morgan fingerprint density at radius 1 is 1.33 bits per heavy atom. The molecule has 104 valence electrons.